The SMILES string of the molecule is CCc1nc2c(s1)Nc1ccccc1N=C2N1CCN(C)C(CCc2ccc(F)cc2)C1. The van der Waals surface area contributed by atoms with Crippen LogP contribution in [-0.4, -0.2) is 53.3 Å². The minimum absolute atomic E-state index is 0.180. The van der Waals surface area contributed by atoms with Gasteiger partial charge in [0, 0.05) is 25.7 Å². The summed E-state index contributed by atoms with van der Waals surface area (Å²) in [5, 5.41) is 5.77. The van der Waals surface area contributed by atoms with Crippen LogP contribution in [0.5, 0.6) is 0 Å². The first-order valence-corrected chi connectivity index (χ1v) is 12.1. The predicted octanol–water partition coefficient (Wildman–Crippen LogP) is 5.23. The van der Waals surface area contributed by atoms with Crippen molar-refractivity contribution < 1.29 is 4.39 Å². The van der Waals surface area contributed by atoms with Crippen LogP contribution in [-0.2, 0) is 12.8 Å². The second-order valence-corrected chi connectivity index (χ2v) is 9.55. The topological polar surface area (TPSA) is 43.8 Å². The Morgan fingerprint density at radius 2 is 1.94 bits per heavy atom. The van der Waals surface area contributed by atoms with E-state index in [4.69, 9.17) is 9.98 Å². The summed E-state index contributed by atoms with van der Waals surface area (Å²) in [5.74, 6) is 0.786. The fraction of sp³-hybridized carbons (Fsp3) is 0.360. The number of benzene rings is 2. The van der Waals surface area contributed by atoms with Gasteiger partial charge in [0.1, 0.15) is 16.5 Å². The monoisotopic (exact) mass is 449 g/mol. The maximum absolute atomic E-state index is 13.2. The molecule has 1 aromatic heterocycles. The van der Waals surface area contributed by atoms with Crippen LogP contribution in [0.2, 0.25) is 0 Å². The Morgan fingerprint density at radius 3 is 2.75 bits per heavy atom. The molecule has 1 unspecified atom stereocenters. The fourth-order valence-electron chi connectivity index (χ4n) is 4.37. The lowest BCUT2D eigenvalue weighted by atomic mass is 10.0. The highest BCUT2D eigenvalue weighted by atomic mass is 32.1. The Balaban J connectivity index is 1.41. The van der Waals surface area contributed by atoms with Gasteiger partial charge in [0.05, 0.1) is 16.4 Å². The third-order valence-electron chi connectivity index (χ3n) is 6.32. The van der Waals surface area contributed by atoms with Gasteiger partial charge in [0.25, 0.3) is 0 Å². The summed E-state index contributed by atoms with van der Waals surface area (Å²) in [6, 6.07) is 15.5. The van der Waals surface area contributed by atoms with Gasteiger partial charge in [0.2, 0.25) is 0 Å². The third kappa shape index (κ3) is 4.27. The number of aryl methyl sites for hydroxylation is 2. The van der Waals surface area contributed by atoms with Gasteiger partial charge in [-0.3, -0.25) is 4.90 Å². The molecule has 1 fully saturated rings. The van der Waals surface area contributed by atoms with Crippen LogP contribution in [0, 0.1) is 5.82 Å². The number of para-hydroxylation sites is 2. The fourth-order valence-corrected chi connectivity index (χ4v) is 5.28. The number of aliphatic imine (C=N–C) groups is 1. The molecule has 0 saturated carbocycles. The molecule has 2 aromatic carbocycles. The highest BCUT2D eigenvalue weighted by molar-refractivity contribution is 7.16. The van der Waals surface area contributed by atoms with Crippen molar-refractivity contribution in [2.24, 2.45) is 4.99 Å². The predicted molar refractivity (Wildman–Crippen MR) is 130 cm³/mol. The number of rotatable bonds is 4. The van der Waals surface area contributed by atoms with Gasteiger partial charge in [-0.05, 0) is 56.1 Å². The molecule has 5 nitrogen and oxygen atoms in total. The molecule has 2 aliphatic heterocycles. The smallest absolute Gasteiger partial charge is 0.158 e. The average Bonchev–Trinajstić information content (AvgIpc) is 3.15. The van der Waals surface area contributed by atoms with Gasteiger partial charge >= 0.3 is 0 Å². The summed E-state index contributed by atoms with van der Waals surface area (Å²) in [7, 11) is 2.20. The number of piperazine rings is 1. The Bertz CT molecular complexity index is 1120. The number of nitrogens with zero attached hydrogens (tertiary/aromatic N) is 4. The second-order valence-electron chi connectivity index (χ2n) is 8.46. The van der Waals surface area contributed by atoms with Crippen molar-refractivity contribution in [3.63, 3.8) is 0 Å². The molecule has 1 saturated heterocycles. The number of thiazole rings is 1. The highest BCUT2D eigenvalue weighted by Crippen LogP contribution is 2.38. The lowest BCUT2D eigenvalue weighted by molar-refractivity contribution is 0.134. The van der Waals surface area contributed by atoms with Gasteiger partial charge in [-0.25, -0.2) is 14.4 Å². The first-order chi connectivity index (χ1) is 15.6. The Morgan fingerprint density at radius 1 is 1.12 bits per heavy atom. The molecule has 0 bridgehead atoms. The van der Waals surface area contributed by atoms with Gasteiger partial charge in [-0.2, -0.15) is 0 Å². The zero-order chi connectivity index (χ0) is 22.1. The number of likely N-dealkylation sites (N-methyl/N-ethyl adjacent to an activating group) is 1. The second kappa shape index (κ2) is 9.00. The molecule has 3 aromatic rings. The largest absolute Gasteiger partial charge is 0.352 e. The zero-order valence-electron chi connectivity index (χ0n) is 18.5. The van der Waals surface area contributed by atoms with Crippen LogP contribution in [0.3, 0.4) is 0 Å². The number of fused-ring (bicyclic) bond motifs is 2. The third-order valence-corrected chi connectivity index (χ3v) is 7.44. The van der Waals surface area contributed by atoms with Gasteiger partial charge < -0.3 is 10.2 Å². The number of amidine groups is 1. The van der Waals surface area contributed by atoms with E-state index in [0.717, 1.165) is 71.8 Å². The molecule has 166 valence electrons. The van der Waals surface area contributed by atoms with E-state index < -0.39 is 0 Å². The zero-order valence-corrected chi connectivity index (χ0v) is 19.3. The summed E-state index contributed by atoms with van der Waals surface area (Å²) in [6.45, 7) is 4.94. The van der Waals surface area contributed by atoms with Crippen molar-refractivity contribution in [3.8, 4) is 0 Å². The number of halogens is 1. The number of hydrogen-bond donors (Lipinski definition) is 1. The number of hydrogen-bond acceptors (Lipinski definition) is 6. The van der Waals surface area contributed by atoms with E-state index >= 15 is 0 Å². The Kier molecular flexibility index (Phi) is 5.93. The molecule has 1 atom stereocenters. The highest BCUT2D eigenvalue weighted by Gasteiger charge is 2.31. The minimum atomic E-state index is -0.180. The van der Waals surface area contributed by atoms with Crippen molar-refractivity contribution in [2.45, 2.75) is 32.2 Å². The van der Waals surface area contributed by atoms with Crippen LogP contribution >= 0.6 is 11.3 Å². The molecular weight excluding hydrogens is 421 g/mol. The van der Waals surface area contributed by atoms with Crippen LogP contribution < -0.4 is 5.32 Å². The number of aromatic nitrogens is 1. The van der Waals surface area contributed by atoms with Crippen molar-refractivity contribution in [3.05, 3.63) is 70.6 Å². The van der Waals surface area contributed by atoms with Crippen molar-refractivity contribution in [1.82, 2.24) is 14.8 Å². The van der Waals surface area contributed by atoms with Crippen LogP contribution in [0.15, 0.2) is 53.5 Å². The van der Waals surface area contributed by atoms with Crippen LogP contribution in [0.1, 0.15) is 29.6 Å². The van der Waals surface area contributed by atoms with Gasteiger partial charge in [0.15, 0.2) is 5.84 Å². The summed E-state index contributed by atoms with van der Waals surface area (Å²) < 4.78 is 13.2. The molecule has 1 N–H and O–H groups in total. The molecule has 32 heavy (non-hydrogen) atoms. The number of nitrogens with one attached hydrogen (secondary N) is 1. The molecule has 0 amide bonds. The molecule has 5 rings (SSSR count). The van der Waals surface area contributed by atoms with Gasteiger partial charge in [-0.1, -0.05) is 31.2 Å². The van der Waals surface area contributed by atoms with E-state index in [1.807, 2.05) is 24.3 Å². The first kappa shape index (κ1) is 21.1. The minimum Gasteiger partial charge on any atom is -0.352 e. The lowest BCUT2D eigenvalue weighted by Gasteiger charge is -2.40. The molecule has 0 aliphatic carbocycles. The quantitative estimate of drug-likeness (QED) is 0.592. The van der Waals surface area contributed by atoms with Crippen LogP contribution in [0.25, 0.3) is 0 Å². The van der Waals surface area contributed by atoms with Crippen molar-refractivity contribution in [2.75, 3.05) is 32.0 Å². The van der Waals surface area contributed by atoms with E-state index in [9.17, 15) is 4.39 Å². The molecule has 7 heteroatoms. The molecule has 0 radical (unpaired) electrons. The molecule has 3 heterocycles. The molecule has 2 aliphatic rings. The van der Waals surface area contributed by atoms with E-state index in [-0.39, 0.29) is 5.82 Å². The van der Waals surface area contributed by atoms with Gasteiger partial charge in [-0.15, -0.1) is 11.3 Å². The maximum Gasteiger partial charge on any atom is 0.158 e. The normalized spacial score (nSPS) is 18.4. The summed E-state index contributed by atoms with van der Waals surface area (Å²) >= 11 is 1.72. The lowest BCUT2D eigenvalue weighted by Crippen LogP contribution is -2.53. The van der Waals surface area contributed by atoms with Crippen LogP contribution in [0.4, 0.5) is 20.8 Å². The maximum atomic E-state index is 13.2. The van der Waals surface area contributed by atoms with Crippen molar-refractivity contribution in [1.29, 1.82) is 0 Å². The van der Waals surface area contributed by atoms with E-state index in [2.05, 4.69) is 41.2 Å². The standard InChI is InChI=1S/C25H28FN5S/c1-3-22-29-23-24(27-20-6-4-5-7-21(20)28-25(23)32-22)31-15-14-30(2)19(16-31)13-10-17-8-11-18(26)12-9-17/h4-9,11-12,19,28H,3,10,13-16H2,1-2H3. The Labute approximate surface area is 192 Å². The first-order valence-electron chi connectivity index (χ1n) is 11.2. The van der Waals surface area contributed by atoms with Crippen molar-refractivity contribution >= 4 is 33.5 Å². The number of anilines is 2. The van der Waals surface area contributed by atoms with E-state index in [1.54, 1.807) is 23.5 Å². The summed E-state index contributed by atoms with van der Waals surface area (Å²) in [4.78, 5) is 14.9. The summed E-state index contributed by atoms with van der Waals surface area (Å²) in [6.07, 6.45) is 2.87. The Hall–Kier alpha value is -2.77. The molecular formula is C25H28FN5S. The summed E-state index contributed by atoms with van der Waals surface area (Å²) in [5.41, 5.74) is 4.12. The van der Waals surface area contributed by atoms with E-state index in [0.29, 0.717) is 6.04 Å². The average molecular weight is 450 g/mol. The van der Waals surface area contributed by atoms with E-state index in [1.165, 1.54) is 5.56 Å². The molecule has 0 spiro atoms.